The molecule has 2 aromatic rings. The molecule has 0 N–H and O–H groups in total. The molecule has 1 aromatic heterocycles. The van der Waals surface area contributed by atoms with E-state index in [1.807, 2.05) is 4.90 Å². The molecule has 0 bridgehead atoms. The summed E-state index contributed by atoms with van der Waals surface area (Å²) in [5.74, 6) is 0.0218. The van der Waals surface area contributed by atoms with Crippen LogP contribution in [0.3, 0.4) is 0 Å². The van der Waals surface area contributed by atoms with E-state index in [4.69, 9.17) is 0 Å². The molecule has 0 spiro atoms. The average molecular weight is 314 g/mol. The van der Waals surface area contributed by atoms with E-state index in [0.717, 1.165) is 19.4 Å². The van der Waals surface area contributed by atoms with Crippen molar-refractivity contribution in [2.75, 3.05) is 11.4 Å². The molecule has 1 fully saturated rings. The number of hydrogen-bond acceptors (Lipinski definition) is 5. The minimum Gasteiger partial charge on any atom is -0.363 e. The van der Waals surface area contributed by atoms with Gasteiger partial charge in [0.1, 0.15) is 5.69 Å². The van der Waals surface area contributed by atoms with Crippen LogP contribution in [0.25, 0.3) is 0 Å². The zero-order chi connectivity index (χ0) is 16.4. The Hall–Kier alpha value is -2.70. The summed E-state index contributed by atoms with van der Waals surface area (Å²) in [4.78, 5) is 25.3. The van der Waals surface area contributed by atoms with Gasteiger partial charge in [-0.3, -0.25) is 19.6 Å². The van der Waals surface area contributed by atoms with Gasteiger partial charge in [-0.25, -0.2) is 0 Å². The third-order valence-corrected chi connectivity index (χ3v) is 4.21. The van der Waals surface area contributed by atoms with E-state index >= 15 is 0 Å². The highest BCUT2D eigenvalue weighted by Crippen LogP contribution is 2.34. The first kappa shape index (κ1) is 15.2. The summed E-state index contributed by atoms with van der Waals surface area (Å²) in [6, 6.07) is 6.70. The van der Waals surface area contributed by atoms with E-state index in [0.29, 0.717) is 17.7 Å². The number of anilines is 1. The van der Waals surface area contributed by atoms with Gasteiger partial charge in [0.05, 0.1) is 16.7 Å². The maximum atomic E-state index is 12.4. The van der Waals surface area contributed by atoms with Crippen molar-refractivity contribution in [3.05, 3.63) is 52.3 Å². The summed E-state index contributed by atoms with van der Waals surface area (Å²) < 4.78 is 1.60. The second kappa shape index (κ2) is 6.20. The lowest BCUT2D eigenvalue weighted by atomic mass is 10.0. The van der Waals surface area contributed by atoms with Crippen LogP contribution in [0.15, 0.2) is 36.7 Å². The second-order valence-corrected chi connectivity index (χ2v) is 5.77. The van der Waals surface area contributed by atoms with E-state index in [2.05, 4.69) is 5.10 Å². The molecule has 3 rings (SSSR count). The van der Waals surface area contributed by atoms with Crippen LogP contribution in [0, 0.1) is 10.1 Å². The number of ketones is 1. The van der Waals surface area contributed by atoms with Crippen LogP contribution < -0.4 is 4.90 Å². The minimum absolute atomic E-state index is 0.0104. The number of nitro groups is 1. The highest BCUT2D eigenvalue weighted by Gasteiger charge is 2.31. The van der Waals surface area contributed by atoms with Crippen molar-refractivity contribution >= 4 is 17.2 Å². The third-order valence-electron chi connectivity index (χ3n) is 4.21. The summed E-state index contributed by atoms with van der Waals surface area (Å²) in [5, 5.41) is 15.3. The standard InChI is InChI=1S/C16H18N4O3/c1-18-11-12(10-17-18)16(21)9-13-5-4-8-19(13)14-6-2-3-7-15(14)20(22)23/h2-3,6-7,10-11,13H,4-5,8-9H2,1H3. The summed E-state index contributed by atoms with van der Waals surface area (Å²) in [6.45, 7) is 0.732. The first-order valence-corrected chi connectivity index (χ1v) is 7.58. The molecule has 1 saturated heterocycles. The van der Waals surface area contributed by atoms with Gasteiger partial charge in [0.2, 0.25) is 0 Å². The Kier molecular flexibility index (Phi) is 4.10. The van der Waals surface area contributed by atoms with Crippen LogP contribution in [0.1, 0.15) is 29.6 Å². The average Bonchev–Trinajstić information content (AvgIpc) is 3.16. The van der Waals surface area contributed by atoms with Crippen molar-refractivity contribution in [3.63, 3.8) is 0 Å². The number of hydrogen-bond donors (Lipinski definition) is 0. The maximum absolute atomic E-state index is 12.4. The zero-order valence-corrected chi connectivity index (χ0v) is 12.9. The number of rotatable bonds is 5. The van der Waals surface area contributed by atoms with Crippen molar-refractivity contribution < 1.29 is 9.72 Å². The highest BCUT2D eigenvalue weighted by atomic mass is 16.6. The second-order valence-electron chi connectivity index (χ2n) is 5.77. The van der Waals surface area contributed by atoms with Crippen LogP contribution in [0.5, 0.6) is 0 Å². The lowest BCUT2D eigenvalue weighted by Crippen LogP contribution is -2.31. The van der Waals surface area contributed by atoms with Gasteiger partial charge < -0.3 is 4.90 Å². The van der Waals surface area contributed by atoms with Gasteiger partial charge in [-0.15, -0.1) is 0 Å². The van der Waals surface area contributed by atoms with Crippen molar-refractivity contribution in [1.82, 2.24) is 9.78 Å². The fourth-order valence-corrected chi connectivity index (χ4v) is 3.12. The fourth-order valence-electron chi connectivity index (χ4n) is 3.12. The van der Waals surface area contributed by atoms with E-state index in [1.54, 1.807) is 42.3 Å². The van der Waals surface area contributed by atoms with Gasteiger partial charge >= 0.3 is 0 Å². The number of aromatic nitrogens is 2. The summed E-state index contributed by atoms with van der Waals surface area (Å²) in [7, 11) is 1.77. The number of benzene rings is 1. The smallest absolute Gasteiger partial charge is 0.292 e. The Morgan fingerprint density at radius 3 is 2.91 bits per heavy atom. The van der Waals surface area contributed by atoms with Crippen molar-refractivity contribution in [2.24, 2.45) is 7.05 Å². The molecule has 0 aliphatic carbocycles. The van der Waals surface area contributed by atoms with E-state index in [1.165, 1.54) is 6.07 Å². The van der Waals surface area contributed by atoms with Crippen molar-refractivity contribution in [2.45, 2.75) is 25.3 Å². The van der Waals surface area contributed by atoms with Gasteiger partial charge in [-0.2, -0.15) is 5.10 Å². The number of aryl methyl sites for hydroxylation is 1. The number of carbonyl (C=O) groups is 1. The predicted octanol–water partition coefficient (Wildman–Crippen LogP) is 2.57. The Morgan fingerprint density at radius 1 is 1.43 bits per heavy atom. The van der Waals surface area contributed by atoms with Crippen LogP contribution in [-0.2, 0) is 7.05 Å². The maximum Gasteiger partial charge on any atom is 0.292 e. The van der Waals surface area contributed by atoms with Crippen molar-refractivity contribution in [1.29, 1.82) is 0 Å². The van der Waals surface area contributed by atoms with Crippen LogP contribution >= 0.6 is 0 Å². The molecule has 1 unspecified atom stereocenters. The molecule has 0 saturated carbocycles. The molecule has 7 heteroatoms. The number of nitrogens with zero attached hydrogens (tertiary/aromatic N) is 4. The molecule has 2 heterocycles. The Bertz CT molecular complexity index is 740. The summed E-state index contributed by atoms with van der Waals surface area (Å²) in [5.41, 5.74) is 1.27. The van der Waals surface area contributed by atoms with Gasteiger partial charge in [-0.05, 0) is 18.9 Å². The first-order valence-electron chi connectivity index (χ1n) is 7.58. The van der Waals surface area contributed by atoms with Crippen LogP contribution in [0.2, 0.25) is 0 Å². The van der Waals surface area contributed by atoms with E-state index < -0.39 is 0 Å². The van der Waals surface area contributed by atoms with Gasteiger partial charge in [0.15, 0.2) is 5.78 Å². The fraction of sp³-hybridized carbons (Fsp3) is 0.375. The van der Waals surface area contributed by atoms with Crippen LogP contribution in [0.4, 0.5) is 11.4 Å². The molecular formula is C16H18N4O3. The summed E-state index contributed by atoms with van der Waals surface area (Å²) >= 11 is 0. The number of para-hydroxylation sites is 2. The molecule has 1 atom stereocenters. The van der Waals surface area contributed by atoms with Gasteiger partial charge in [0.25, 0.3) is 5.69 Å². The molecule has 0 radical (unpaired) electrons. The van der Waals surface area contributed by atoms with E-state index in [-0.39, 0.29) is 22.4 Å². The number of Topliss-reactive ketones (excluding diaryl/α,β-unsaturated/α-hetero) is 1. The molecular weight excluding hydrogens is 296 g/mol. The molecule has 1 aromatic carbocycles. The lowest BCUT2D eigenvalue weighted by molar-refractivity contribution is -0.384. The van der Waals surface area contributed by atoms with Gasteiger partial charge in [0, 0.05) is 38.3 Å². The summed E-state index contributed by atoms with van der Waals surface area (Å²) in [6.07, 6.45) is 5.39. The van der Waals surface area contributed by atoms with Crippen LogP contribution in [-0.4, -0.2) is 33.1 Å². The quantitative estimate of drug-likeness (QED) is 0.481. The SMILES string of the molecule is Cn1cc(C(=O)CC2CCCN2c2ccccc2[N+](=O)[O-])cn1. The molecule has 23 heavy (non-hydrogen) atoms. The normalized spacial score (nSPS) is 17.4. The topological polar surface area (TPSA) is 81.3 Å². The molecule has 1 aliphatic heterocycles. The largest absolute Gasteiger partial charge is 0.363 e. The minimum atomic E-state index is -0.367. The van der Waals surface area contributed by atoms with E-state index in [9.17, 15) is 14.9 Å². The number of carbonyl (C=O) groups excluding carboxylic acids is 1. The van der Waals surface area contributed by atoms with Gasteiger partial charge in [-0.1, -0.05) is 12.1 Å². The Balaban J connectivity index is 1.81. The third kappa shape index (κ3) is 3.08. The molecule has 1 aliphatic rings. The molecule has 120 valence electrons. The Labute approximate surface area is 133 Å². The first-order chi connectivity index (χ1) is 11.1. The number of nitro benzene ring substituents is 1. The molecule has 7 nitrogen and oxygen atoms in total. The monoisotopic (exact) mass is 314 g/mol. The highest BCUT2D eigenvalue weighted by molar-refractivity contribution is 5.96. The van der Waals surface area contributed by atoms with Crippen molar-refractivity contribution in [3.8, 4) is 0 Å². The Morgan fingerprint density at radius 2 is 2.22 bits per heavy atom. The zero-order valence-electron chi connectivity index (χ0n) is 12.9. The molecule has 0 amide bonds. The predicted molar refractivity (Wildman–Crippen MR) is 85.6 cm³/mol. The lowest BCUT2D eigenvalue weighted by Gasteiger charge is -2.25.